The number of amides is 1. The summed E-state index contributed by atoms with van der Waals surface area (Å²) in [6, 6.07) is 13.9. The highest BCUT2D eigenvalue weighted by Crippen LogP contribution is 2.32. The van der Waals surface area contributed by atoms with Gasteiger partial charge in [0.05, 0.1) is 5.52 Å². The van der Waals surface area contributed by atoms with Crippen molar-refractivity contribution in [2.45, 2.75) is 50.7 Å². The highest BCUT2D eigenvalue weighted by Gasteiger charge is 2.15. The minimum absolute atomic E-state index is 0.0424. The fourth-order valence-electron chi connectivity index (χ4n) is 4.07. The molecule has 3 heterocycles. The Bertz CT molecular complexity index is 1480. The standard InChI is InChI=1S/C27H27N3O4S2/c1-17-5-6-18(2)20(12-17)15-36-27-29-21-9-11-35-25(21)26(32)30(27)10-3-4-24(31)28-14-19-7-8-22-23(13-19)34-16-33-22/h5-9,11-13H,3-4,10,14-16H2,1-2H3,(H,28,31). The summed E-state index contributed by atoms with van der Waals surface area (Å²) in [5.41, 5.74) is 5.29. The van der Waals surface area contributed by atoms with Gasteiger partial charge >= 0.3 is 0 Å². The number of hydrogen-bond donors (Lipinski definition) is 1. The summed E-state index contributed by atoms with van der Waals surface area (Å²) in [5.74, 6) is 2.09. The number of thioether (sulfide) groups is 1. The van der Waals surface area contributed by atoms with Gasteiger partial charge in [0.25, 0.3) is 5.56 Å². The van der Waals surface area contributed by atoms with Gasteiger partial charge in [0.1, 0.15) is 4.70 Å². The van der Waals surface area contributed by atoms with E-state index in [4.69, 9.17) is 14.5 Å². The Kier molecular flexibility index (Phi) is 7.29. The highest BCUT2D eigenvalue weighted by molar-refractivity contribution is 7.98. The van der Waals surface area contributed by atoms with Gasteiger partial charge in [-0.25, -0.2) is 4.98 Å². The first-order valence-corrected chi connectivity index (χ1v) is 13.7. The van der Waals surface area contributed by atoms with Crippen molar-refractivity contribution in [2.75, 3.05) is 6.79 Å². The SMILES string of the molecule is Cc1ccc(C)c(CSc2nc3ccsc3c(=O)n2CCCC(=O)NCc2ccc3c(c2)OCO3)c1. The van der Waals surface area contributed by atoms with Gasteiger partial charge in [-0.3, -0.25) is 14.2 Å². The largest absolute Gasteiger partial charge is 0.454 e. The van der Waals surface area contributed by atoms with Crippen LogP contribution < -0.4 is 20.3 Å². The van der Waals surface area contributed by atoms with Gasteiger partial charge in [0.15, 0.2) is 16.7 Å². The highest BCUT2D eigenvalue weighted by atomic mass is 32.2. The zero-order valence-electron chi connectivity index (χ0n) is 20.2. The molecule has 0 unspecified atom stereocenters. The predicted octanol–water partition coefficient (Wildman–Crippen LogP) is 5.19. The van der Waals surface area contributed by atoms with Gasteiger partial charge in [-0.15, -0.1) is 11.3 Å². The molecule has 0 bridgehead atoms. The van der Waals surface area contributed by atoms with Gasteiger partial charge < -0.3 is 14.8 Å². The molecule has 186 valence electrons. The summed E-state index contributed by atoms with van der Waals surface area (Å²) in [6.07, 6.45) is 0.864. The molecule has 0 saturated carbocycles. The Balaban J connectivity index is 1.23. The fourth-order valence-corrected chi connectivity index (χ4v) is 5.93. The van der Waals surface area contributed by atoms with E-state index >= 15 is 0 Å². The number of fused-ring (bicyclic) bond motifs is 2. The third-order valence-electron chi connectivity index (χ3n) is 6.10. The minimum atomic E-state index is -0.0598. The average molecular weight is 522 g/mol. The van der Waals surface area contributed by atoms with Crippen LogP contribution in [0.5, 0.6) is 11.5 Å². The molecule has 0 atom stereocenters. The van der Waals surface area contributed by atoms with E-state index in [0.29, 0.717) is 41.5 Å². The van der Waals surface area contributed by atoms with E-state index in [1.54, 1.807) is 16.3 Å². The maximum Gasteiger partial charge on any atom is 0.272 e. The molecule has 0 fully saturated rings. The molecule has 1 aliphatic heterocycles. The second-order valence-corrected chi connectivity index (χ2v) is 10.6. The Labute approximate surface area is 217 Å². The number of aromatic nitrogens is 2. The molecular weight excluding hydrogens is 494 g/mol. The Morgan fingerprint density at radius 1 is 1.14 bits per heavy atom. The van der Waals surface area contributed by atoms with E-state index in [9.17, 15) is 9.59 Å². The van der Waals surface area contributed by atoms with Crippen LogP contribution in [0.25, 0.3) is 10.2 Å². The lowest BCUT2D eigenvalue weighted by Crippen LogP contribution is -2.25. The smallest absolute Gasteiger partial charge is 0.272 e. The fraction of sp³-hybridized carbons (Fsp3) is 0.296. The second-order valence-electron chi connectivity index (χ2n) is 8.77. The lowest BCUT2D eigenvalue weighted by atomic mass is 10.1. The van der Waals surface area contributed by atoms with Crippen LogP contribution in [0.3, 0.4) is 0 Å². The summed E-state index contributed by atoms with van der Waals surface area (Å²) in [7, 11) is 0. The molecule has 0 radical (unpaired) electrons. The lowest BCUT2D eigenvalue weighted by molar-refractivity contribution is -0.121. The number of aryl methyl sites for hydroxylation is 2. The molecule has 0 aliphatic carbocycles. The van der Waals surface area contributed by atoms with E-state index in [1.807, 2.05) is 29.6 Å². The number of carbonyl (C=O) groups excluding carboxylic acids is 1. The number of nitrogens with one attached hydrogen (secondary N) is 1. The van der Waals surface area contributed by atoms with Gasteiger partial charge in [0, 0.05) is 25.3 Å². The summed E-state index contributed by atoms with van der Waals surface area (Å²) in [6.45, 7) is 5.25. The van der Waals surface area contributed by atoms with E-state index in [2.05, 4.69) is 37.4 Å². The molecule has 1 aliphatic rings. The maximum absolute atomic E-state index is 13.2. The van der Waals surface area contributed by atoms with E-state index in [1.165, 1.54) is 28.0 Å². The van der Waals surface area contributed by atoms with Gasteiger partial charge in [0.2, 0.25) is 12.7 Å². The summed E-state index contributed by atoms with van der Waals surface area (Å²) in [5, 5.41) is 5.53. The Morgan fingerprint density at radius 3 is 2.89 bits per heavy atom. The van der Waals surface area contributed by atoms with Gasteiger partial charge in [-0.05, 0) is 60.5 Å². The number of thiophene rings is 1. The number of rotatable bonds is 9. The number of benzene rings is 2. The Hall–Kier alpha value is -3.30. The summed E-state index contributed by atoms with van der Waals surface area (Å²) >= 11 is 2.97. The molecule has 1 N–H and O–H groups in total. The topological polar surface area (TPSA) is 82.5 Å². The van der Waals surface area contributed by atoms with E-state index in [-0.39, 0.29) is 18.3 Å². The van der Waals surface area contributed by atoms with Crippen LogP contribution in [0.1, 0.15) is 35.1 Å². The molecule has 7 nitrogen and oxygen atoms in total. The molecule has 1 amide bonds. The van der Waals surface area contributed by atoms with Crippen molar-refractivity contribution in [2.24, 2.45) is 0 Å². The summed E-state index contributed by atoms with van der Waals surface area (Å²) < 4.78 is 13.1. The van der Waals surface area contributed by atoms with Crippen LogP contribution in [0.15, 0.2) is 57.8 Å². The summed E-state index contributed by atoms with van der Waals surface area (Å²) in [4.78, 5) is 30.5. The molecule has 0 spiro atoms. The predicted molar refractivity (Wildman–Crippen MR) is 143 cm³/mol. The first-order chi connectivity index (χ1) is 17.5. The molecule has 9 heteroatoms. The monoisotopic (exact) mass is 521 g/mol. The van der Waals surface area contributed by atoms with Crippen LogP contribution in [0.4, 0.5) is 0 Å². The molecule has 0 saturated heterocycles. The maximum atomic E-state index is 13.2. The van der Waals surface area contributed by atoms with Gasteiger partial charge in [-0.2, -0.15) is 0 Å². The van der Waals surface area contributed by atoms with Crippen molar-refractivity contribution < 1.29 is 14.3 Å². The van der Waals surface area contributed by atoms with Crippen molar-refractivity contribution in [1.82, 2.24) is 14.9 Å². The Morgan fingerprint density at radius 2 is 2.00 bits per heavy atom. The van der Waals surface area contributed by atoms with Crippen molar-refractivity contribution in [3.63, 3.8) is 0 Å². The first-order valence-electron chi connectivity index (χ1n) is 11.8. The number of nitrogens with zero attached hydrogens (tertiary/aromatic N) is 2. The van der Waals surface area contributed by atoms with Crippen molar-refractivity contribution in [3.05, 3.63) is 80.5 Å². The molecule has 36 heavy (non-hydrogen) atoms. The second kappa shape index (κ2) is 10.8. The number of carbonyl (C=O) groups is 1. The number of hydrogen-bond acceptors (Lipinski definition) is 7. The zero-order chi connectivity index (χ0) is 25.1. The molecule has 2 aromatic carbocycles. The quantitative estimate of drug-likeness (QED) is 0.241. The average Bonchev–Trinajstić information content (AvgIpc) is 3.54. The first kappa shape index (κ1) is 24.4. The van der Waals surface area contributed by atoms with Crippen molar-refractivity contribution >= 4 is 39.2 Å². The van der Waals surface area contributed by atoms with Crippen LogP contribution in [-0.4, -0.2) is 22.3 Å². The van der Waals surface area contributed by atoms with Gasteiger partial charge in [-0.1, -0.05) is 41.6 Å². The van der Waals surface area contributed by atoms with Crippen LogP contribution in [0.2, 0.25) is 0 Å². The van der Waals surface area contributed by atoms with Crippen LogP contribution in [0, 0.1) is 13.8 Å². The van der Waals surface area contributed by atoms with Crippen LogP contribution >= 0.6 is 23.1 Å². The number of ether oxygens (including phenoxy) is 2. The van der Waals surface area contributed by atoms with Crippen molar-refractivity contribution in [3.8, 4) is 11.5 Å². The molecule has 5 rings (SSSR count). The minimum Gasteiger partial charge on any atom is -0.454 e. The van der Waals surface area contributed by atoms with E-state index in [0.717, 1.165) is 22.6 Å². The lowest BCUT2D eigenvalue weighted by Gasteiger charge is -2.13. The van der Waals surface area contributed by atoms with E-state index < -0.39 is 0 Å². The molecule has 4 aromatic rings. The molecule has 2 aromatic heterocycles. The van der Waals surface area contributed by atoms with Crippen molar-refractivity contribution in [1.29, 1.82) is 0 Å². The zero-order valence-corrected chi connectivity index (χ0v) is 21.8. The third kappa shape index (κ3) is 5.42. The normalized spacial score (nSPS) is 12.3. The van der Waals surface area contributed by atoms with Crippen LogP contribution in [-0.2, 0) is 23.6 Å². The molecular formula is C27H27N3O4S2. The third-order valence-corrected chi connectivity index (χ3v) is 8.02.